The highest BCUT2D eigenvalue weighted by Gasteiger charge is 1.83. The van der Waals surface area contributed by atoms with Gasteiger partial charge in [0.2, 0.25) is 5.88 Å². The van der Waals surface area contributed by atoms with Crippen molar-refractivity contribution in [3.05, 3.63) is 24.3 Å². The van der Waals surface area contributed by atoms with Crippen molar-refractivity contribution in [2.75, 3.05) is 0 Å². The summed E-state index contributed by atoms with van der Waals surface area (Å²) in [4.78, 5) is 3.07. The monoisotopic (exact) mass is 113 g/mol. The molecule has 0 aliphatic carbocycles. The number of aliphatic hydroxyl groups excluding tert-OH is 2. The molecule has 0 fully saturated rings. The molecule has 3 heteroatoms. The van der Waals surface area contributed by atoms with E-state index in [1.807, 2.05) is 0 Å². The Morgan fingerprint density at radius 2 is 2.00 bits per heavy atom. The minimum Gasteiger partial charge on any atom is -0.508 e. The van der Waals surface area contributed by atoms with Crippen LogP contribution in [-0.2, 0) is 0 Å². The quantitative estimate of drug-likeness (QED) is 0.320. The second-order valence-electron chi connectivity index (χ2n) is 1.15. The summed E-state index contributed by atoms with van der Waals surface area (Å²) in [7, 11) is 0. The van der Waals surface area contributed by atoms with Crippen LogP contribution in [-0.4, -0.2) is 16.9 Å². The molecule has 0 rings (SSSR count). The second kappa shape index (κ2) is 2.85. The van der Waals surface area contributed by atoms with Crippen LogP contribution in [0.5, 0.6) is 0 Å². The van der Waals surface area contributed by atoms with Gasteiger partial charge in [0, 0.05) is 6.08 Å². The van der Waals surface area contributed by atoms with Gasteiger partial charge in [-0.1, -0.05) is 6.58 Å². The highest BCUT2D eigenvalue weighted by atomic mass is 16.3. The van der Waals surface area contributed by atoms with Gasteiger partial charge in [0.1, 0.15) is 5.76 Å². The van der Waals surface area contributed by atoms with Gasteiger partial charge in [-0.2, -0.15) is 0 Å². The molecule has 0 atom stereocenters. The Balaban J connectivity index is 3.94. The standard InChI is InChI=1S/C5H7NO2/c1-4(7)3-5(8)6-2/h3,7-8H,1-2H2/b5-3+. The molecule has 44 valence electrons. The maximum atomic E-state index is 8.44. The minimum atomic E-state index is -0.336. The van der Waals surface area contributed by atoms with Gasteiger partial charge in [0.25, 0.3) is 0 Å². The van der Waals surface area contributed by atoms with Crippen molar-refractivity contribution in [2.24, 2.45) is 4.99 Å². The summed E-state index contributed by atoms with van der Waals surface area (Å²) in [5.41, 5.74) is 0. The predicted octanol–water partition coefficient (Wildman–Crippen LogP) is 1.16. The van der Waals surface area contributed by atoms with E-state index in [4.69, 9.17) is 10.2 Å². The summed E-state index contributed by atoms with van der Waals surface area (Å²) in [5.74, 6) is -0.576. The minimum absolute atomic E-state index is 0.241. The number of aliphatic imine (C=N–C) groups is 1. The van der Waals surface area contributed by atoms with E-state index in [1.165, 1.54) is 0 Å². The zero-order valence-corrected chi connectivity index (χ0v) is 4.33. The van der Waals surface area contributed by atoms with Gasteiger partial charge in [-0.3, -0.25) is 0 Å². The van der Waals surface area contributed by atoms with Crippen LogP contribution in [0.4, 0.5) is 0 Å². The summed E-state index contributed by atoms with van der Waals surface area (Å²) in [6, 6.07) is 0. The topological polar surface area (TPSA) is 52.8 Å². The molecule has 0 radical (unpaired) electrons. The fourth-order valence-corrected chi connectivity index (χ4v) is 0.195. The van der Waals surface area contributed by atoms with Crippen molar-refractivity contribution in [3.8, 4) is 0 Å². The lowest BCUT2D eigenvalue weighted by Crippen LogP contribution is -1.75. The molecule has 0 aromatic carbocycles. The van der Waals surface area contributed by atoms with E-state index in [9.17, 15) is 0 Å². The molecule has 0 saturated carbocycles. The van der Waals surface area contributed by atoms with Gasteiger partial charge in [0.05, 0.1) is 0 Å². The molecule has 3 nitrogen and oxygen atoms in total. The fraction of sp³-hybridized carbons (Fsp3) is 0. The van der Waals surface area contributed by atoms with E-state index in [-0.39, 0.29) is 11.6 Å². The number of nitrogens with zero attached hydrogens (tertiary/aromatic N) is 1. The molecule has 0 unspecified atom stereocenters. The normalized spacial score (nSPS) is 10.8. The molecule has 0 aliphatic heterocycles. The van der Waals surface area contributed by atoms with Gasteiger partial charge in [-0.05, 0) is 6.72 Å². The zero-order chi connectivity index (χ0) is 6.57. The van der Waals surface area contributed by atoms with Crippen molar-refractivity contribution >= 4 is 6.72 Å². The first-order chi connectivity index (χ1) is 3.66. The van der Waals surface area contributed by atoms with Crippen LogP contribution < -0.4 is 0 Å². The van der Waals surface area contributed by atoms with E-state index in [2.05, 4.69) is 18.3 Å². The zero-order valence-electron chi connectivity index (χ0n) is 4.33. The summed E-state index contributed by atoms with van der Waals surface area (Å²) in [6.45, 7) is 6.07. The summed E-state index contributed by atoms with van der Waals surface area (Å²) >= 11 is 0. The first-order valence-electron chi connectivity index (χ1n) is 1.92. The Labute approximate surface area is 47.3 Å². The molecule has 8 heavy (non-hydrogen) atoms. The largest absolute Gasteiger partial charge is 0.508 e. The van der Waals surface area contributed by atoms with Gasteiger partial charge in [-0.25, -0.2) is 4.99 Å². The van der Waals surface area contributed by atoms with Gasteiger partial charge >= 0.3 is 0 Å². The third-order valence-corrected chi connectivity index (χ3v) is 0.458. The third kappa shape index (κ3) is 2.96. The van der Waals surface area contributed by atoms with Crippen molar-refractivity contribution < 1.29 is 10.2 Å². The molecule has 0 aromatic rings. The molecular weight excluding hydrogens is 106 g/mol. The molecule has 0 aliphatic rings. The molecule has 0 heterocycles. The van der Waals surface area contributed by atoms with Crippen LogP contribution in [0.1, 0.15) is 0 Å². The van der Waals surface area contributed by atoms with E-state index in [0.717, 1.165) is 6.08 Å². The molecule has 0 bridgehead atoms. The van der Waals surface area contributed by atoms with Crippen molar-refractivity contribution in [2.45, 2.75) is 0 Å². The van der Waals surface area contributed by atoms with Gasteiger partial charge < -0.3 is 10.2 Å². The number of rotatable bonds is 2. The molecule has 0 amide bonds. The highest BCUT2D eigenvalue weighted by Crippen LogP contribution is 1.92. The van der Waals surface area contributed by atoms with E-state index >= 15 is 0 Å². The lowest BCUT2D eigenvalue weighted by atomic mass is 10.5. The van der Waals surface area contributed by atoms with Crippen LogP contribution in [0.3, 0.4) is 0 Å². The van der Waals surface area contributed by atoms with Crippen molar-refractivity contribution in [1.82, 2.24) is 0 Å². The fourth-order valence-electron chi connectivity index (χ4n) is 0.195. The molecule has 0 aromatic heterocycles. The maximum absolute atomic E-state index is 8.44. The number of hydrogen-bond acceptors (Lipinski definition) is 3. The maximum Gasteiger partial charge on any atom is 0.213 e. The smallest absolute Gasteiger partial charge is 0.213 e. The average Bonchev–Trinajstić information content (AvgIpc) is 1.65. The van der Waals surface area contributed by atoms with Gasteiger partial charge in [-0.15, -0.1) is 0 Å². The van der Waals surface area contributed by atoms with E-state index < -0.39 is 0 Å². The molecule has 0 spiro atoms. The predicted molar refractivity (Wildman–Crippen MR) is 32.0 cm³/mol. The van der Waals surface area contributed by atoms with Crippen molar-refractivity contribution in [3.63, 3.8) is 0 Å². The average molecular weight is 113 g/mol. The van der Waals surface area contributed by atoms with E-state index in [0.29, 0.717) is 0 Å². The van der Waals surface area contributed by atoms with Crippen LogP contribution in [0.2, 0.25) is 0 Å². The highest BCUT2D eigenvalue weighted by molar-refractivity contribution is 5.28. The summed E-state index contributed by atoms with van der Waals surface area (Å²) < 4.78 is 0. The number of allylic oxidation sites excluding steroid dienone is 1. The Hall–Kier alpha value is -1.25. The summed E-state index contributed by atoms with van der Waals surface area (Å²) in [6.07, 6.45) is 0.993. The molecule has 2 N–H and O–H groups in total. The van der Waals surface area contributed by atoms with Gasteiger partial charge in [0.15, 0.2) is 0 Å². The third-order valence-electron chi connectivity index (χ3n) is 0.458. The Morgan fingerprint density at radius 1 is 1.50 bits per heavy atom. The van der Waals surface area contributed by atoms with Crippen LogP contribution in [0.25, 0.3) is 0 Å². The van der Waals surface area contributed by atoms with Crippen molar-refractivity contribution in [1.29, 1.82) is 0 Å². The van der Waals surface area contributed by atoms with Crippen LogP contribution >= 0.6 is 0 Å². The first-order valence-corrected chi connectivity index (χ1v) is 1.92. The first kappa shape index (κ1) is 6.75. The second-order valence-corrected chi connectivity index (χ2v) is 1.15. The Bertz CT molecular complexity index is 137. The Morgan fingerprint density at radius 3 is 2.12 bits per heavy atom. The van der Waals surface area contributed by atoms with Crippen LogP contribution in [0.15, 0.2) is 29.3 Å². The van der Waals surface area contributed by atoms with Crippen LogP contribution in [0, 0.1) is 0 Å². The Kier molecular flexibility index (Phi) is 2.40. The van der Waals surface area contributed by atoms with E-state index in [1.54, 1.807) is 0 Å². The summed E-state index contributed by atoms with van der Waals surface area (Å²) in [5, 5.41) is 16.8. The molecular formula is C5H7NO2. The lowest BCUT2D eigenvalue weighted by Gasteiger charge is -1.85. The molecule has 0 saturated heterocycles. The number of hydrogen-bond donors (Lipinski definition) is 2. The number of aliphatic hydroxyl groups is 2. The SMILES string of the molecule is C=N/C(O)=C\C(=C)O. The lowest BCUT2D eigenvalue weighted by molar-refractivity contribution is 0.390.